The monoisotopic (exact) mass is 455 g/mol. The molecule has 2 aliphatic rings. The molecular weight excluding hydrogens is 426 g/mol. The molecule has 2 fully saturated rings. The number of anilines is 1. The Labute approximate surface area is 189 Å². The number of nitrogens with one attached hydrogen (secondary N) is 1. The Morgan fingerprint density at radius 3 is 2.12 bits per heavy atom. The maximum atomic E-state index is 12.9. The Hall–Kier alpha value is -2.71. The Kier molecular flexibility index (Phi) is 6.91. The highest BCUT2D eigenvalue weighted by Crippen LogP contribution is 2.22. The Balaban J connectivity index is 1.44. The van der Waals surface area contributed by atoms with Crippen molar-refractivity contribution < 1.29 is 18.0 Å². The van der Waals surface area contributed by atoms with Gasteiger partial charge in [-0.2, -0.15) is 0 Å². The first-order valence-electron chi connectivity index (χ1n) is 11.2. The molecule has 0 unspecified atom stereocenters. The molecule has 8 heteroatoms. The SMILES string of the molecule is O=C(Nc1ccccc1C(=O)N1CCCCC1)c1ccc(CS(=O)(=O)N2CCCC2)cc1. The first-order chi connectivity index (χ1) is 15.4. The van der Waals surface area contributed by atoms with Gasteiger partial charge in [0.25, 0.3) is 11.8 Å². The average Bonchev–Trinajstić information content (AvgIpc) is 3.36. The van der Waals surface area contributed by atoms with E-state index in [0.29, 0.717) is 35.5 Å². The van der Waals surface area contributed by atoms with Crippen LogP contribution in [-0.4, -0.2) is 55.6 Å². The van der Waals surface area contributed by atoms with Gasteiger partial charge in [-0.15, -0.1) is 0 Å². The lowest BCUT2D eigenvalue weighted by Crippen LogP contribution is -2.36. The van der Waals surface area contributed by atoms with Crippen molar-refractivity contribution in [3.05, 3.63) is 65.2 Å². The fraction of sp³-hybridized carbons (Fsp3) is 0.417. The van der Waals surface area contributed by atoms with Crippen LogP contribution in [0.3, 0.4) is 0 Å². The summed E-state index contributed by atoms with van der Waals surface area (Å²) in [5.74, 6) is -0.469. The fourth-order valence-corrected chi connectivity index (χ4v) is 5.87. The first-order valence-corrected chi connectivity index (χ1v) is 12.8. The number of hydrogen-bond donors (Lipinski definition) is 1. The average molecular weight is 456 g/mol. The second-order valence-electron chi connectivity index (χ2n) is 8.41. The van der Waals surface area contributed by atoms with Crippen LogP contribution in [0.1, 0.15) is 58.4 Å². The van der Waals surface area contributed by atoms with Gasteiger partial charge in [-0.05, 0) is 61.9 Å². The standard InChI is InChI=1S/C24H29N3O4S/c28-23(20-12-10-19(11-13-20)18-32(30,31)27-16-6-7-17-27)25-22-9-3-2-8-21(22)24(29)26-14-4-1-5-15-26/h2-3,8-13H,1,4-7,14-18H2,(H,25,28). The maximum Gasteiger partial charge on any atom is 0.255 e. The predicted molar refractivity (Wildman–Crippen MR) is 124 cm³/mol. The van der Waals surface area contributed by atoms with E-state index < -0.39 is 10.0 Å². The normalized spacial score (nSPS) is 17.3. The molecule has 0 atom stereocenters. The van der Waals surface area contributed by atoms with Crippen molar-refractivity contribution in [2.45, 2.75) is 37.9 Å². The van der Waals surface area contributed by atoms with E-state index in [2.05, 4.69) is 5.32 Å². The predicted octanol–water partition coefficient (Wildman–Crippen LogP) is 3.49. The van der Waals surface area contributed by atoms with E-state index in [4.69, 9.17) is 0 Å². The summed E-state index contributed by atoms with van der Waals surface area (Å²) in [6.07, 6.45) is 4.94. The Morgan fingerprint density at radius 1 is 0.812 bits per heavy atom. The fourth-order valence-electron chi connectivity index (χ4n) is 4.26. The highest BCUT2D eigenvalue weighted by Gasteiger charge is 2.25. The van der Waals surface area contributed by atoms with Gasteiger partial charge < -0.3 is 10.2 Å². The van der Waals surface area contributed by atoms with Gasteiger partial charge in [-0.1, -0.05) is 24.3 Å². The molecule has 4 rings (SSSR count). The molecule has 32 heavy (non-hydrogen) atoms. The molecule has 0 saturated carbocycles. The van der Waals surface area contributed by atoms with Crippen LogP contribution < -0.4 is 5.32 Å². The quantitative estimate of drug-likeness (QED) is 0.722. The summed E-state index contributed by atoms with van der Waals surface area (Å²) in [4.78, 5) is 27.6. The molecule has 2 saturated heterocycles. The molecule has 0 aromatic heterocycles. The zero-order valence-corrected chi connectivity index (χ0v) is 18.9. The highest BCUT2D eigenvalue weighted by atomic mass is 32.2. The van der Waals surface area contributed by atoms with E-state index in [1.165, 1.54) is 4.31 Å². The van der Waals surface area contributed by atoms with Crippen molar-refractivity contribution in [3.8, 4) is 0 Å². The third-order valence-corrected chi connectivity index (χ3v) is 7.92. The van der Waals surface area contributed by atoms with E-state index in [1.54, 1.807) is 48.5 Å². The molecule has 0 bridgehead atoms. The molecular formula is C24H29N3O4S. The molecule has 2 aromatic rings. The van der Waals surface area contributed by atoms with Crippen molar-refractivity contribution in [1.82, 2.24) is 9.21 Å². The van der Waals surface area contributed by atoms with Crippen molar-refractivity contribution in [1.29, 1.82) is 0 Å². The third kappa shape index (κ3) is 5.19. The van der Waals surface area contributed by atoms with Gasteiger partial charge in [0.2, 0.25) is 10.0 Å². The van der Waals surface area contributed by atoms with Crippen molar-refractivity contribution in [3.63, 3.8) is 0 Å². The van der Waals surface area contributed by atoms with E-state index in [9.17, 15) is 18.0 Å². The lowest BCUT2D eigenvalue weighted by molar-refractivity contribution is 0.0725. The molecule has 2 aliphatic heterocycles. The van der Waals surface area contributed by atoms with E-state index in [0.717, 1.165) is 45.2 Å². The van der Waals surface area contributed by atoms with Gasteiger partial charge in [-0.25, -0.2) is 12.7 Å². The molecule has 1 N–H and O–H groups in total. The van der Waals surface area contributed by atoms with E-state index in [-0.39, 0.29) is 17.6 Å². The van der Waals surface area contributed by atoms with Gasteiger partial charge in [0, 0.05) is 31.7 Å². The van der Waals surface area contributed by atoms with Crippen LogP contribution in [0.25, 0.3) is 0 Å². The van der Waals surface area contributed by atoms with Crippen LogP contribution in [-0.2, 0) is 15.8 Å². The summed E-state index contributed by atoms with van der Waals surface area (Å²) in [5.41, 5.74) is 2.02. The van der Waals surface area contributed by atoms with Gasteiger partial charge in [-0.3, -0.25) is 9.59 Å². The number of rotatable bonds is 6. The summed E-state index contributed by atoms with van der Waals surface area (Å²) < 4.78 is 26.5. The summed E-state index contributed by atoms with van der Waals surface area (Å²) in [7, 11) is -3.33. The molecule has 0 radical (unpaired) electrons. The zero-order valence-electron chi connectivity index (χ0n) is 18.1. The first kappa shape index (κ1) is 22.5. The number of carbonyl (C=O) groups excluding carboxylic acids is 2. The van der Waals surface area contributed by atoms with Crippen LogP contribution in [0, 0.1) is 0 Å². The van der Waals surface area contributed by atoms with E-state index in [1.807, 2.05) is 4.90 Å². The number of likely N-dealkylation sites (tertiary alicyclic amines) is 1. The van der Waals surface area contributed by atoms with Crippen molar-refractivity contribution in [2.24, 2.45) is 0 Å². The number of nitrogens with zero attached hydrogens (tertiary/aromatic N) is 2. The Morgan fingerprint density at radius 2 is 1.44 bits per heavy atom. The van der Waals surface area contributed by atoms with Crippen molar-refractivity contribution >= 4 is 27.5 Å². The summed E-state index contributed by atoms with van der Waals surface area (Å²) in [5, 5.41) is 2.85. The number of hydrogen-bond acceptors (Lipinski definition) is 4. The number of piperidine rings is 1. The van der Waals surface area contributed by atoms with Crippen molar-refractivity contribution in [2.75, 3.05) is 31.5 Å². The highest BCUT2D eigenvalue weighted by molar-refractivity contribution is 7.88. The summed E-state index contributed by atoms with van der Waals surface area (Å²) in [6.45, 7) is 2.64. The minimum absolute atomic E-state index is 0.0666. The maximum absolute atomic E-state index is 12.9. The number of sulfonamides is 1. The number of para-hydroxylation sites is 1. The molecule has 2 heterocycles. The minimum Gasteiger partial charge on any atom is -0.339 e. The van der Waals surface area contributed by atoms with Gasteiger partial charge in [0.05, 0.1) is 17.0 Å². The lowest BCUT2D eigenvalue weighted by Gasteiger charge is -2.27. The van der Waals surface area contributed by atoms with Crippen LogP contribution in [0.2, 0.25) is 0 Å². The molecule has 7 nitrogen and oxygen atoms in total. The molecule has 0 spiro atoms. The second kappa shape index (κ2) is 9.83. The van der Waals surface area contributed by atoms with Gasteiger partial charge in [0.1, 0.15) is 0 Å². The Bertz CT molecular complexity index is 1070. The largest absolute Gasteiger partial charge is 0.339 e. The number of benzene rings is 2. The second-order valence-corrected chi connectivity index (χ2v) is 10.4. The molecule has 170 valence electrons. The van der Waals surface area contributed by atoms with Gasteiger partial charge >= 0.3 is 0 Å². The number of carbonyl (C=O) groups is 2. The van der Waals surface area contributed by atoms with Crippen LogP contribution in [0.4, 0.5) is 5.69 Å². The van der Waals surface area contributed by atoms with Crippen LogP contribution >= 0.6 is 0 Å². The summed E-state index contributed by atoms with van der Waals surface area (Å²) >= 11 is 0. The summed E-state index contributed by atoms with van der Waals surface area (Å²) in [6, 6.07) is 13.6. The van der Waals surface area contributed by atoms with Crippen LogP contribution in [0.5, 0.6) is 0 Å². The molecule has 2 aromatic carbocycles. The minimum atomic E-state index is -3.33. The molecule has 2 amide bonds. The number of amides is 2. The zero-order chi connectivity index (χ0) is 22.6. The lowest BCUT2D eigenvalue weighted by atomic mass is 10.1. The van der Waals surface area contributed by atoms with E-state index >= 15 is 0 Å². The van der Waals surface area contributed by atoms with Gasteiger partial charge in [0.15, 0.2) is 0 Å². The molecule has 0 aliphatic carbocycles. The van der Waals surface area contributed by atoms with Crippen LogP contribution in [0.15, 0.2) is 48.5 Å². The smallest absolute Gasteiger partial charge is 0.255 e. The topological polar surface area (TPSA) is 86.8 Å². The third-order valence-electron chi connectivity index (χ3n) is 6.07.